The first kappa shape index (κ1) is 24.6. The number of thioether (sulfide) groups is 1. The summed E-state index contributed by atoms with van der Waals surface area (Å²) in [6.45, 7) is 2.01. The van der Waals surface area contributed by atoms with E-state index in [9.17, 15) is 26.4 Å². The third-order valence-electron chi connectivity index (χ3n) is 4.44. The topological polar surface area (TPSA) is 97.2 Å². The normalized spacial score (nSPS) is 11.4. The Labute approximate surface area is 192 Å². The van der Waals surface area contributed by atoms with Gasteiger partial charge in [0, 0.05) is 12.6 Å². The molecule has 1 amide bonds. The van der Waals surface area contributed by atoms with Crippen LogP contribution in [0.15, 0.2) is 47.6 Å². The Balaban J connectivity index is 1.74. The zero-order chi connectivity index (χ0) is 24.2. The number of nitrogens with one attached hydrogen (secondary N) is 1. The van der Waals surface area contributed by atoms with Crippen LogP contribution in [0.5, 0.6) is 0 Å². The van der Waals surface area contributed by atoms with Crippen LogP contribution in [0.4, 0.5) is 24.5 Å². The highest BCUT2D eigenvalue weighted by Gasteiger charge is 2.22. The Morgan fingerprint density at radius 3 is 2.39 bits per heavy atom. The Morgan fingerprint density at radius 2 is 1.76 bits per heavy atom. The van der Waals surface area contributed by atoms with E-state index in [1.54, 1.807) is 11.5 Å². The van der Waals surface area contributed by atoms with Crippen LogP contribution >= 0.6 is 11.8 Å². The number of amides is 1. The van der Waals surface area contributed by atoms with Crippen molar-refractivity contribution >= 4 is 39.1 Å². The average Bonchev–Trinajstić information content (AvgIpc) is 3.14. The molecule has 1 aromatic heterocycles. The molecular weight excluding hydrogens is 479 g/mol. The van der Waals surface area contributed by atoms with Crippen LogP contribution in [0.2, 0.25) is 0 Å². The number of nitrogens with zero attached hydrogens (tertiary/aromatic N) is 4. The zero-order valence-corrected chi connectivity index (χ0v) is 19.3. The maximum atomic E-state index is 13.7. The van der Waals surface area contributed by atoms with Crippen LogP contribution in [0.3, 0.4) is 0 Å². The smallest absolute Gasteiger partial charge is 0.234 e. The molecule has 8 nitrogen and oxygen atoms in total. The molecule has 0 fully saturated rings. The van der Waals surface area contributed by atoms with E-state index in [1.807, 2.05) is 0 Å². The maximum Gasteiger partial charge on any atom is 0.234 e. The average molecular weight is 500 g/mol. The van der Waals surface area contributed by atoms with Crippen molar-refractivity contribution in [2.24, 2.45) is 0 Å². The second-order valence-electron chi connectivity index (χ2n) is 6.85. The number of aromatic nitrogens is 3. The first-order valence-electron chi connectivity index (χ1n) is 9.61. The molecule has 0 aliphatic carbocycles. The quantitative estimate of drug-likeness (QED) is 0.453. The van der Waals surface area contributed by atoms with Crippen molar-refractivity contribution in [3.8, 4) is 0 Å². The zero-order valence-electron chi connectivity index (χ0n) is 17.6. The molecule has 0 aliphatic heterocycles. The highest BCUT2D eigenvalue weighted by Crippen LogP contribution is 2.23. The summed E-state index contributed by atoms with van der Waals surface area (Å²) in [5, 5.41) is 10.7. The molecule has 1 heterocycles. The van der Waals surface area contributed by atoms with Gasteiger partial charge in [0.25, 0.3) is 0 Å². The number of rotatable bonds is 9. The molecule has 3 aromatic rings. The molecular formula is C20H20F3N5O3S2. The number of anilines is 2. The lowest BCUT2D eigenvalue weighted by molar-refractivity contribution is -0.113. The van der Waals surface area contributed by atoms with E-state index in [0.717, 1.165) is 52.7 Å². The van der Waals surface area contributed by atoms with Crippen LogP contribution in [0, 0.1) is 17.5 Å². The molecule has 1 N–H and O–H groups in total. The molecule has 33 heavy (non-hydrogen) atoms. The van der Waals surface area contributed by atoms with Crippen LogP contribution in [0.25, 0.3) is 0 Å². The maximum absolute atomic E-state index is 13.7. The first-order chi connectivity index (χ1) is 15.6. The molecule has 0 atom stereocenters. The van der Waals surface area contributed by atoms with Crippen molar-refractivity contribution in [3.63, 3.8) is 0 Å². The summed E-state index contributed by atoms with van der Waals surface area (Å²) >= 11 is 1.01. The first-order valence-corrected chi connectivity index (χ1v) is 12.4. The molecule has 0 bridgehead atoms. The molecule has 0 saturated heterocycles. The lowest BCUT2D eigenvalue weighted by Crippen LogP contribution is -2.30. The largest absolute Gasteiger partial charge is 0.323 e. The molecule has 13 heteroatoms. The highest BCUT2D eigenvalue weighted by molar-refractivity contribution is 7.99. The van der Waals surface area contributed by atoms with Crippen LogP contribution in [0.1, 0.15) is 12.7 Å². The van der Waals surface area contributed by atoms with Gasteiger partial charge in [-0.1, -0.05) is 11.8 Å². The predicted octanol–water partition coefficient (Wildman–Crippen LogP) is 3.41. The molecule has 0 saturated carbocycles. The van der Waals surface area contributed by atoms with E-state index in [1.165, 1.54) is 12.1 Å². The summed E-state index contributed by atoms with van der Waals surface area (Å²) in [6.07, 6.45) is 1.02. The number of hydrogen-bond donors (Lipinski definition) is 1. The molecule has 3 rings (SSSR count). The fourth-order valence-corrected chi connectivity index (χ4v) is 4.58. The van der Waals surface area contributed by atoms with Gasteiger partial charge in [0.05, 0.1) is 29.9 Å². The van der Waals surface area contributed by atoms with Gasteiger partial charge in [0.15, 0.2) is 11.0 Å². The number of hydrogen-bond acceptors (Lipinski definition) is 6. The fraction of sp³-hybridized carbons (Fsp3) is 0.250. The Kier molecular flexibility index (Phi) is 7.64. The van der Waals surface area contributed by atoms with Gasteiger partial charge in [-0.05, 0) is 43.3 Å². The summed E-state index contributed by atoms with van der Waals surface area (Å²) in [6, 6.07) is 7.71. The van der Waals surface area contributed by atoms with Crippen molar-refractivity contribution in [2.75, 3.05) is 21.6 Å². The second-order valence-corrected chi connectivity index (χ2v) is 9.70. The third-order valence-corrected chi connectivity index (χ3v) is 6.55. The minimum atomic E-state index is -3.72. The van der Waals surface area contributed by atoms with Gasteiger partial charge in [0.2, 0.25) is 15.9 Å². The SMILES string of the molecule is CCn1c(CN(c2ccc(F)cc2)S(C)(=O)=O)nnc1SCC(=O)Nc1cc(F)ccc1F. The van der Waals surface area contributed by atoms with E-state index >= 15 is 0 Å². The van der Waals surface area contributed by atoms with Crippen LogP contribution in [-0.2, 0) is 27.9 Å². The summed E-state index contributed by atoms with van der Waals surface area (Å²) in [5.74, 6) is -2.39. The molecule has 0 spiro atoms. The third kappa shape index (κ3) is 6.26. The van der Waals surface area contributed by atoms with Gasteiger partial charge < -0.3 is 9.88 Å². The molecule has 0 radical (unpaired) electrons. The minimum absolute atomic E-state index is 0.160. The summed E-state index contributed by atoms with van der Waals surface area (Å²) < 4.78 is 67.6. The lowest BCUT2D eigenvalue weighted by atomic mass is 10.3. The standard InChI is InChI=1S/C20H20F3N5O3S2/c1-3-27-18(11-28(33(2,30)31)15-7-4-13(21)5-8-15)25-26-20(27)32-12-19(29)24-17-10-14(22)6-9-16(17)23/h4-10H,3,11-12H2,1-2H3,(H,24,29). The van der Waals surface area contributed by atoms with Crippen molar-refractivity contribution in [3.05, 3.63) is 65.7 Å². The van der Waals surface area contributed by atoms with Crippen LogP contribution in [-0.4, -0.2) is 41.1 Å². The van der Waals surface area contributed by atoms with Gasteiger partial charge in [-0.25, -0.2) is 21.6 Å². The fourth-order valence-electron chi connectivity index (χ4n) is 2.91. The summed E-state index contributed by atoms with van der Waals surface area (Å²) in [4.78, 5) is 12.2. The lowest BCUT2D eigenvalue weighted by Gasteiger charge is -2.22. The Bertz CT molecular complexity index is 1250. The summed E-state index contributed by atoms with van der Waals surface area (Å²) in [7, 11) is -3.72. The molecule has 0 unspecified atom stereocenters. The van der Waals surface area contributed by atoms with Gasteiger partial charge in [-0.3, -0.25) is 9.10 Å². The molecule has 0 aliphatic rings. The Morgan fingerprint density at radius 1 is 1.09 bits per heavy atom. The number of halogens is 3. The molecule has 176 valence electrons. The minimum Gasteiger partial charge on any atom is -0.323 e. The van der Waals surface area contributed by atoms with Crippen molar-refractivity contribution in [1.29, 1.82) is 0 Å². The van der Waals surface area contributed by atoms with Crippen LogP contribution < -0.4 is 9.62 Å². The predicted molar refractivity (Wildman–Crippen MR) is 119 cm³/mol. The molecule has 2 aromatic carbocycles. The Hall–Kier alpha value is -3.06. The highest BCUT2D eigenvalue weighted by atomic mass is 32.2. The van der Waals surface area contributed by atoms with E-state index in [0.29, 0.717) is 17.5 Å². The van der Waals surface area contributed by atoms with E-state index in [4.69, 9.17) is 0 Å². The van der Waals surface area contributed by atoms with Gasteiger partial charge >= 0.3 is 0 Å². The van der Waals surface area contributed by atoms with Crippen molar-refractivity contribution in [1.82, 2.24) is 14.8 Å². The van der Waals surface area contributed by atoms with E-state index in [2.05, 4.69) is 15.5 Å². The number of carbonyl (C=O) groups is 1. The monoisotopic (exact) mass is 499 g/mol. The van der Waals surface area contributed by atoms with Gasteiger partial charge in [0.1, 0.15) is 17.5 Å². The summed E-state index contributed by atoms with van der Waals surface area (Å²) in [5.41, 5.74) is -0.0170. The van der Waals surface area contributed by atoms with Gasteiger partial charge in [-0.2, -0.15) is 0 Å². The number of benzene rings is 2. The second kappa shape index (κ2) is 10.3. The number of carbonyl (C=O) groups excluding carboxylic acids is 1. The number of sulfonamides is 1. The van der Waals surface area contributed by atoms with Crippen molar-refractivity contribution in [2.45, 2.75) is 25.2 Å². The van der Waals surface area contributed by atoms with Gasteiger partial charge in [-0.15, -0.1) is 10.2 Å². The van der Waals surface area contributed by atoms with E-state index in [-0.39, 0.29) is 23.7 Å². The van der Waals surface area contributed by atoms with E-state index < -0.39 is 33.4 Å². The van der Waals surface area contributed by atoms with Crippen molar-refractivity contribution < 1.29 is 26.4 Å².